The first-order valence-electron chi connectivity index (χ1n) is 19.1. The van der Waals surface area contributed by atoms with Gasteiger partial charge in [0.05, 0.1) is 16.6 Å². The van der Waals surface area contributed by atoms with Crippen molar-refractivity contribution in [2.75, 3.05) is 0 Å². The molecule has 0 unspecified atom stereocenters. The molecule has 2 heterocycles. The minimum Gasteiger partial charge on any atom is -0.310 e. The maximum Gasteiger partial charge on any atom is 0.0541 e. The molecule has 0 amide bonds. The third-order valence-corrected chi connectivity index (χ3v) is 12.2. The van der Waals surface area contributed by atoms with Crippen LogP contribution in [-0.2, 0) is 5.41 Å². The van der Waals surface area contributed by atoms with E-state index in [0.717, 1.165) is 25.7 Å². The maximum atomic E-state index is 2.48. The van der Waals surface area contributed by atoms with Crippen molar-refractivity contribution in [2.45, 2.75) is 44.9 Å². The number of rotatable bonds is 4. The SMILES string of the molecule is CC1(C)C2=C(CCC=C2)c2cc(-n3c4ccccc4c4cc(-c5ccc6c(c5)c5c(n6-c6cccc(-c7ccccc7)c6)=CCCC=5)ccc43)ccc21. The van der Waals surface area contributed by atoms with E-state index in [4.69, 9.17) is 0 Å². The van der Waals surface area contributed by atoms with Crippen LogP contribution in [0.15, 0.2) is 151 Å². The van der Waals surface area contributed by atoms with Crippen molar-refractivity contribution in [3.8, 4) is 33.6 Å². The lowest BCUT2D eigenvalue weighted by atomic mass is 9.80. The van der Waals surface area contributed by atoms with Crippen molar-refractivity contribution in [1.82, 2.24) is 9.13 Å². The van der Waals surface area contributed by atoms with E-state index >= 15 is 0 Å². The molecular weight excluding hydrogens is 641 g/mol. The van der Waals surface area contributed by atoms with Gasteiger partial charge >= 0.3 is 0 Å². The fourth-order valence-corrected chi connectivity index (χ4v) is 9.68. The van der Waals surface area contributed by atoms with Crippen molar-refractivity contribution >= 4 is 50.4 Å². The first kappa shape index (κ1) is 30.5. The highest BCUT2D eigenvalue weighted by atomic mass is 15.0. The molecule has 8 aromatic rings. The van der Waals surface area contributed by atoms with Gasteiger partial charge in [-0.05, 0) is 125 Å². The summed E-state index contributed by atoms with van der Waals surface area (Å²) in [5.41, 5.74) is 17.1. The highest BCUT2D eigenvalue weighted by molar-refractivity contribution is 6.10. The average Bonchev–Trinajstić information content (AvgIpc) is 3.81. The maximum absolute atomic E-state index is 2.48. The van der Waals surface area contributed by atoms with Gasteiger partial charge in [-0.1, -0.05) is 117 Å². The molecule has 2 nitrogen and oxygen atoms in total. The average molecular weight is 681 g/mol. The first-order valence-corrected chi connectivity index (χ1v) is 19.1. The Morgan fingerprint density at radius 3 is 2.08 bits per heavy atom. The van der Waals surface area contributed by atoms with Crippen LogP contribution in [0.2, 0.25) is 0 Å². The Morgan fingerprint density at radius 2 is 1.21 bits per heavy atom. The van der Waals surface area contributed by atoms with Crippen molar-refractivity contribution in [2.24, 2.45) is 0 Å². The summed E-state index contributed by atoms with van der Waals surface area (Å²) >= 11 is 0. The Balaban J connectivity index is 1.06. The molecule has 3 aliphatic rings. The Kier molecular flexibility index (Phi) is 6.58. The lowest BCUT2D eigenvalue weighted by molar-refractivity contribution is 0.651. The van der Waals surface area contributed by atoms with Gasteiger partial charge in [-0.3, -0.25) is 0 Å². The number of nitrogens with zero attached hydrogens (tertiary/aromatic N) is 2. The second kappa shape index (κ2) is 11.4. The molecule has 254 valence electrons. The minimum atomic E-state index is 0.0408. The van der Waals surface area contributed by atoms with Gasteiger partial charge in [0.2, 0.25) is 0 Å². The molecular formula is C51H40N2. The summed E-state index contributed by atoms with van der Waals surface area (Å²) in [4.78, 5) is 0. The quantitative estimate of drug-likeness (QED) is 0.175. The Labute approximate surface area is 310 Å². The molecule has 6 aromatic carbocycles. The third kappa shape index (κ3) is 4.51. The molecule has 3 aliphatic carbocycles. The number of hydrogen-bond acceptors (Lipinski definition) is 0. The molecule has 0 bridgehead atoms. The van der Waals surface area contributed by atoms with Crippen molar-refractivity contribution in [1.29, 1.82) is 0 Å². The smallest absolute Gasteiger partial charge is 0.0541 e. The lowest BCUT2D eigenvalue weighted by Crippen LogP contribution is -2.30. The van der Waals surface area contributed by atoms with E-state index in [1.807, 2.05) is 0 Å². The molecule has 0 saturated carbocycles. The van der Waals surface area contributed by atoms with E-state index in [1.165, 1.54) is 99.2 Å². The number of benzene rings is 6. The number of hydrogen-bond donors (Lipinski definition) is 0. The second-order valence-electron chi connectivity index (χ2n) is 15.5. The third-order valence-electron chi connectivity index (χ3n) is 12.2. The zero-order valence-electron chi connectivity index (χ0n) is 30.2. The zero-order chi connectivity index (χ0) is 35.3. The molecule has 11 rings (SSSR count). The monoisotopic (exact) mass is 680 g/mol. The van der Waals surface area contributed by atoms with Crippen LogP contribution < -0.4 is 10.6 Å². The Bertz CT molecular complexity index is 3010. The Hall–Kier alpha value is -6.12. The fraction of sp³-hybridized carbons (Fsp3) is 0.137. The van der Waals surface area contributed by atoms with Gasteiger partial charge in [-0.25, -0.2) is 0 Å². The Morgan fingerprint density at radius 1 is 0.509 bits per heavy atom. The van der Waals surface area contributed by atoms with Crippen molar-refractivity contribution < 1.29 is 0 Å². The van der Waals surface area contributed by atoms with E-state index in [2.05, 4.69) is 181 Å². The number of fused-ring (bicyclic) bond motifs is 8. The summed E-state index contributed by atoms with van der Waals surface area (Å²) in [6.45, 7) is 4.76. The molecule has 0 aliphatic heterocycles. The first-order chi connectivity index (χ1) is 26.0. The molecule has 0 fully saturated rings. The van der Waals surface area contributed by atoms with Crippen LogP contribution in [0.4, 0.5) is 0 Å². The molecule has 0 saturated heterocycles. The summed E-state index contributed by atoms with van der Waals surface area (Å²) in [7, 11) is 0. The summed E-state index contributed by atoms with van der Waals surface area (Å²) < 4.78 is 4.95. The van der Waals surface area contributed by atoms with Crippen molar-refractivity contribution in [3.63, 3.8) is 0 Å². The van der Waals surface area contributed by atoms with Gasteiger partial charge in [0.25, 0.3) is 0 Å². The molecule has 2 heteroatoms. The van der Waals surface area contributed by atoms with Gasteiger partial charge in [0.1, 0.15) is 0 Å². The van der Waals surface area contributed by atoms with Gasteiger partial charge in [0, 0.05) is 43.5 Å². The standard InChI is InChI=1S/C51H40N2/c1-51(2)45-20-9-6-17-39(45)42-32-38(25-26-46(42)51)53-48-22-11-8-19-41(48)44-31-36(24-28-50(44)53)35-23-27-49-43(30-35)40-18-7-10-21-47(40)52(49)37-16-12-15-34(29-37)33-13-4-3-5-14-33/h3-5,8-9,11-16,18-32H,6-7,10,17H2,1-2H3. The van der Waals surface area contributed by atoms with E-state index in [1.54, 1.807) is 0 Å². The predicted molar refractivity (Wildman–Crippen MR) is 224 cm³/mol. The second-order valence-corrected chi connectivity index (χ2v) is 15.5. The topological polar surface area (TPSA) is 9.86 Å². The van der Waals surface area contributed by atoms with Crippen LogP contribution in [0.3, 0.4) is 0 Å². The van der Waals surface area contributed by atoms with E-state index in [-0.39, 0.29) is 5.41 Å². The van der Waals surface area contributed by atoms with Gasteiger partial charge in [-0.2, -0.15) is 0 Å². The lowest BCUT2D eigenvalue weighted by Gasteiger charge is -2.24. The molecule has 0 spiro atoms. The van der Waals surface area contributed by atoms with Crippen LogP contribution >= 0.6 is 0 Å². The zero-order valence-corrected chi connectivity index (χ0v) is 30.2. The van der Waals surface area contributed by atoms with Gasteiger partial charge in [-0.15, -0.1) is 0 Å². The summed E-state index contributed by atoms with van der Waals surface area (Å²) in [5, 5.41) is 6.54. The summed E-state index contributed by atoms with van der Waals surface area (Å²) in [5.74, 6) is 0. The normalized spacial score (nSPS) is 15.7. The molecule has 2 aromatic heterocycles. The van der Waals surface area contributed by atoms with E-state index in [9.17, 15) is 0 Å². The largest absolute Gasteiger partial charge is 0.310 e. The highest BCUT2D eigenvalue weighted by Crippen LogP contribution is 2.50. The van der Waals surface area contributed by atoms with Crippen molar-refractivity contribution in [3.05, 3.63) is 173 Å². The minimum absolute atomic E-state index is 0.0408. The molecule has 53 heavy (non-hydrogen) atoms. The van der Waals surface area contributed by atoms with Crippen LogP contribution in [0.5, 0.6) is 0 Å². The van der Waals surface area contributed by atoms with Crippen LogP contribution in [0.1, 0.15) is 50.7 Å². The number of aromatic nitrogens is 2. The van der Waals surface area contributed by atoms with E-state index < -0.39 is 0 Å². The molecule has 0 radical (unpaired) electrons. The highest BCUT2D eigenvalue weighted by Gasteiger charge is 2.37. The van der Waals surface area contributed by atoms with E-state index in [0.29, 0.717) is 0 Å². The number of para-hydroxylation sites is 1. The predicted octanol–water partition coefficient (Wildman–Crippen LogP) is 11.8. The van der Waals surface area contributed by atoms with Gasteiger partial charge in [0.15, 0.2) is 0 Å². The molecule has 0 N–H and O–H groups in total. The summed E-state index contributed by atoms with van der Waals surface area (Å²) in [6.07, 6.45) is 14.0. The fourth-order valence-electron chi connectivity index (χ4n) is 9.68. The van der Waals surface area contributed by atoms with Crippen LogP contribution in [0, 0.1) is 0 Å². The van der Waals surface area contributed by atoms with Crippen LogP contribution in [0.25, 0.3) is 84.1 Å². The number of allylic oxidation sites excluding steroid dienone is 4. The van der Waals surface area contributed by atoms with Gasteiger partial charge < -0.3 is 9.13 Å². The van der Waals surface area contributed by atoms with Crippen LogP contribution in [-0.4, -0.2) is 9.13 Å². The summed E-state index contributed by atoms with van der Waals surface area (Å²) in [6, 6.07) is 49.9. The molecule has 0 atom stereocenters.